The largest absolute Gasteiger partial charge is 0.381 e. The van der Waals surface area contributed by atoms with Gasteiger partial charge in [-0.3, -0.25) is 4.68 Å². The quantitative estimate of drug-likeness (QED) is 0.423. The van der Waals surface area contributed by atoms with Crippen LogP contribution in [0.25, 0.3) is 0 Å². The maximum absolute atomic E-state index is 5.90. The lowest BCUT2D eigenvalue weighted by Crippen LogP contribution is -2.38. The van der Waals surface area contributed by atoms with Crippen LogP contribution in [0, 0.1) is 13.8 Å². The minimum absolute atomic E-state index is 0.368. The van der Waals surface area contributed by atoms with Crippen molar-refractivity contribution in [3.05, 3.63) is 17.0 Å². The van der Waals surface area contributed by atoms with Gasteiger partial charge in [-0.05, 0) is 40.0 Å². The minimum Gasteiger partial charge on any atom is -0.381 e. The Morgan fingerprint density at radius 3 is 2.72 bits per heavy atom. The summed E-state index contributed by atoms with van der Waals surface area (Å²) in [5.74, 6) is 0.844. The molecule has 0 atom stereocenters. The summed E-state index contributed by atoms with van der Waals surface area (Å²) in [6.07, 6.45) is 3.36. The van der Waals surface area contributed by atoms with E-state index in [0.29, 0.717) is 12.6 Å². The molecule has 2 N–H and O–H groups in total. The highest BCUT2D eigenvalue weighted by Gasteiger charge is 2.13. The molecule has 0 saturated carbocycles. The first-order chi connectivity index (χ1) is 12.1. The molecule has 0 amide bonds. The fourth-order valence-corrected chi connectivity index (χ4v) is 2.92. The Kier molecular flexibility index (Phi) is 8.21. The van der Waals surface area contributed by atoms with Crippen molar-refractivity contribution >= 4 is 5.96 Å². The average molecular weight is 351 g/mol. The number of guanidine groups is 1. The van der Waals surface area contributed by atoms with Crippen LogP contribution >= 0.6 is 0 Å². The van der Waals surface area contributed by atoms with Gasteiger partial charge in [-0.25, -0.2) is 4.99 Å². The SMILES string of the molecule is CCNC(=NCc1c(C)nn(C)c1C)NCCCOC1CCOCC1. The molecule has 2 heterocycles. The Labute approximate surface area is 151 Å². The molecular weight excluding hydrogens is 318 g/mol. The Morgan fingerprint density at radius 1 is 1.32 bits per heavy atom. The van der Waals surface area contributed by atoms with Gasteiger partial charge < -0.3 is 20.1 Å². The van der Waals surface area contributed by atoms with Crippen molar-refractivity contribution in [2.75, 3.05) is 32.9 Å². The van der Waals surface area contributed by atoms with Crippen LogP contribution < -0.4 is 10.6 Å². The molecule has 0 unspecified atom stereocenters. The molecule has 0 radical (unpaired) electrons. The molecule has 0 aromatic carbocycles. The summed E-state index contributed by atoms with van der Waals surface area (Å²) < 4.78 is 13.2. The molecular formula is C18H33N5O2. The van der Waals surface area contributed by atoms with Gasteiger partial charge in [-0.1, -0.05) is 0 Å². The second-order valence-electron chi connectivity index (χ2n) is 6.43. The number of aromatic nitrogens is 2. The van der Waals surface area contributed by atoms with Crippen molar-refractivity contribution in [2.45, 2.75) is 52.7 Å². The van der Waals surface area contributed by atoms with Crippen molar-refractivity contribution in [1.29, 1.82) is 0 Å². The predicted molar refractivity (Wildman–Crippen MR) is 99.9 cm³/mol. The highest BCUT2D eigenvalue weighted by atomic mass is 16.5. The van der Waals surface area contributed by atoms with Crippen molar-refractivity contribution in [3.8, 4) is 0 Å². The van der Waals surface area contributed by atoms with Gasteiger partial charge in [-0.15, -0.1) is 0 Å². The minimum atomic E-state index is 0.368. The van der Waals surface area contributed by atoms with Crippen molar-refractivity contribution < 1.29 is 9.47 Å². The lowest BCUT2D eigenvalue weighted by molar-refractivity contribution is -0.0320. The van der Waals surface area contributed by atoms with E-state index in [2.05, 4.69) is 34.6 Å². The van der Waals surface area contributed by atoms with E-state index in [1.54, 1.807) is 0 Å². The molecule has 1 fully saturated rings. The first-order valence-electron chi connectivity index (χ1n) is 9.32. The topological polar surface area (TPSA) is 72.7 Å². The predicted octanol–water partition coefficient (Wildman–Crippen LogP) is 1.68. The lowest BCUT2D eigenvalue weighted by Gasteiger charge is -2.22. The zero-order chi connectivity index (χ0) is 18.1. The molecule has 1 aliphatic heterocycles. The smallest absolute Gasteiger partial charge is 0.191 e. The fraction of sp³-hybridized carbons (Fsp3) is 0.778. The average Bonchev–Trinajstić information content (AvgIpc) is 2.85. The van der Waals surface area contributed by atoms with Gasteiger partial charge in [0.05, 0.1) is 18.3 Å². The third-order valence-corrected chi connectivity index (χ3v) is 4.53. The van der Waals surface area contributed by atoms with Crippen LogP contribution in [0.5, 0.6) is 0 Å². The Morgan fingerprint density at radius 2 is 2.08 bits per heavy atom. The first kappa shape index (κ1) is 19.7. The van der Waals surface area contributed by atoms with Gasteiger partial charge in [0.25, 0.3) is 0 Å². The highest BCUT2D eigenvalue weighted by molar-refractivity contribution is 5.79. The van der Waals surface area contributed by atoms with E-state index in [1.807, 2.05) is 18.7 Å². The number of aryl methyl sites for hydroxylation is 2. The number of nitrogens with one attached hydrogen (secondary N) is 2. The van der Waals surface area contributed by atoms with Gasteiger partial charge in [0, 0.05) is 51.2 Å². The Hall–Kier alpha value is -1.60. The van der Waals surface area contributed by atoms with E-state index < -0.39 is 0 Å². The third kappa shape index (κ3) is 6.32. The summed E-state index contributed by atoms with van der Waals surface area (Å²) in [5, 5.41) is 11.1. The van der Waals surface area contributed by atoms with E-state index in [0.717, 1.165) is 63.8 Å². The molecule has 25 heavy (non-hydrogen) atoms. The number of rotatable bonds is 8. The van der Waals surface area contributed by atoms with Gasteiger partial charge in [0.2, 0.25) is 0 Å². The van der Waals surface area contributed by atoms with Crippen LogP contribution in [0.2, 0.25) is 0 Å². The van der Waals surface area contributed by atoms with Crippen LogP contribution in [0.15, 0.2) is 4.99 Å². The fourth-order valence-electron chi connectivity index (χ4n) is 2.92. The molecule has 0 spiro atoms. The summed E-state index contributed by atoms with van der Waals surface area (Å²) in [7, 11) is 1.97. The number of hydrogen-bond donors (Lipinski definition) is 2. The number of ether oxygens (including phenoxy) is 2. The molecule has 7 heteroatoms. The van der Waals surface area contributed by atoms with Crippen molar-refractivity contribution in [1.82, 2.24) is 20.4 Å². The van der Waals surface area contributed by atoms with Gasteiger partial charge in [-0.2, -0.15) is 5.10 Å². The lowest BCUT2D eigenvalue weighted by atomic mass is 10.1. The van der Waals surface area contributed by atoms with Crippen LogP contribution in [0.3, 0.4) is 0 Å². The van der Waals surface area contributed by atoms with Crippen molar-refractivity contribution in [3.63, 3.8) is 0 Å². The number of hydrogen-bond acceptors (Lipinski definition) is 4. The summed E-state index contributed by atoms with van der Waals surface area (Å²) in [5.41, 5.74) is 3.41. The maximum Gasteiger partial charge on any atom is 0.191 e. The zero-order valence-electron chi connectivity index (χ0n) is 16.1. The first-order valence-corrected chi connectivity index (χ1v) is 9.32. The Balaban J connectivity index is 1.73. The van der Waals surface area contributed by atoms with E-state index >= 15 is 0 Å². The molecule has 1 aromatic heterocycles. The number of aliphatic imine (C=N–C) groups is 1. The highest BCUT2D eigenvalue weighted by Crippen LogP contribution is 2.13. The second kappa shape index (κ2) is 10.4. The van der Waals surface area contributed by atoms with E-state index in [4.69, 9.17) is 9.47 Å². The van der Waals surface area contributed by atoms with E-state index in [1.165, 1.54) is 11.3 Å². The summed E-state index contributed by atoms with van der Waals surface area (Å²) in [6, 6.07) is 0. The Bertz CT molecular complexity index is 550. The number of nitrogens with zero attached hydrogens (tertiary/aromatic N) is 3. The van der Waals surface area contributed by atoms with Gasteiger partial charge >= 0.3 is 0 Å². The molecule has 142 valence electrons. The molecule has 7 nitrogen and oxygen atoms in total. The summed E-state index contributed by atoms with van der Waals surface area (Å²) in [4.78, 5) is 4.69. The van der Waals surface area contributed by atoms with Crippen LogP contribution in [-0.4, -0.2) is 54.8 Å². The standard InChI is InChI=1S/C18H33N5O2/c1-5-19-18(21-13-17-14(2)22-23(4)15(17)3)20-9-6-10-25-16-7-11-24-12-8-16/h16H,5-13H2,1-4H3,(H2,19,20,21). The molecule has 0 bridgehead atoms. The second-order valence-corrected chi connectivity index (χ2v) is 6.43. The summed E-state index contributed by atoms with van der Waals surface area (Å²) >= 11 is 0. The maximum atomic E-state index is 5.90. The van der Waals surface area contributed by atoms with Gasteiger partial charge in [0.15, 0.2) is 5.96 Å². The van der Waals surface area contributed by atoms with Gasteiger partial charge in [0.1, 0.15) is 0 Å². The monoisotopic (exact) mass is 351 g/mol. The van der Waals surface area contributed by atoms with Crippen LogP contribution in [0.4, 0.5) is 0 Å². The molecule has 1 saturated heterocycles. The van der Waals surface area contributed by atoms with Crippen molar-refractivity contribution in [2.24, 2.45) is 12.0 Å². The molecule has 2 rings (SSSR count). The zero-order valence-corrected chi connectivity index (χ0v) is 16.1. The molecule has 1 aromatic rings. The van der Waals surface area contributed by atoms with E-state index in [-0.39, 0.29) is 0 Å². The molecule has 1 aliphatic rings. The van der Waals surface area contributed by atoms with E-state index in [9.17, 15) is 0 Å². The third-order valence-electron chi connectivity index (χ3n) is 4.53. The van der Waals surface area contributed by atoms with Crippen LogP contribution in [0.1, 0.15) is 43.1 Å². The molecule has 0 aliphatic carbocycles. The normalized spacial score (nSPS) is 16.2. The van der Waals surface area contributed by atoms with Crippen LogP contribution in [-0.2, 0) is 23.1 Å². The summed E-state index contributed by atoms with van der Waals surface area (Å²) in [6.45, 7) is 10.9.